The Morgan fingerprint density at radius 1 is 1.05 bits per heavy atom. The molecular formula is C17H20O2. The van der Waals surface area contributed by atoms with Gasteiger partial charge in [0.05, 0.1) is 0 Å². The molecular weight excluding hydrogens is 236 g/mol. The normalized spacial score (nSPS) is 34.4. The molecule has 0 N–H and O–H groups in total. The van der Waals surface area contributed by atoms with Gasteiger partial charge in [0.2, 0.25) is 0 Å². The SMILES string of the molecule is Cc1ccccc1C1C(=O)C2CCCC(C)C2C1=O. The highest BCUT2D eigenvalue weighted by Crippen LogP contribution is 2.47. The second kappa shape index (κ2) is 4.59. The molecule has 0 amide bonds. The van der Waals surface area contributed by atoms with Gasteiger partial charge in [-0.3, -0.25) is 9.59 Å². The number of Topliss-reactive ketones (excluding diaryl/α,β-unsaturated/α-hetero) is 2. The number of carbonyl (C=O) groups is 2. The lowest BCUT2D eigenvalue weighted by Crippen LogP contribution is -2.28. The van der Waals surface area contributed by atoms with Gasteiger partial charge in [0, 0.05) is 11.8 Å². The summed E-state index contributed by atoms with van der Waals surface area (Å²) in [4.78, 5) is 25.3. The fraction of sp³-hybridized carbons (Fsp3) is 0.529. The molecule has 2 aliphatic carbocycles. The van der Waals surface area contributed by atoms with Crippen molar-refractivity contribution in [3.63, 3.8) is 0 Å². The molecule has 2 saturated carbocycles. The van der Waals surface area contributed by atoms with E-state index in [-0.39, 0.29) is 23.4 Å². The average Bonchev–Trinajstić information content (AvgIpc) is 2.64. The van der Waals surface area contributed by atoms with Crippen LogP contribution < -0.4 is 0 Å². The number of aryl methyl sites for hydroxylation is 1. The highest BCUT2D eigenvalue weighted by atomic mass is 16.2. The van der Waals surface area contributed by atoms with E-state index in [1.54, 1.807) is 0 Å². The molecule has 0 aliphatic heterocycles. The largest absolute Gasteiger partial charge is 0.298 e. The molecule has 3 rings (SSSR count). The van der Waals surface area contributed by atoms with Gasteiger partial charge >= 0.3 is 0 Å². The summed E-state index contributed by atoms with van der Waals surface area (Å²) in [7, 11) is 0. The fourth-order valence-electron chi connectivity index (χ4n) is 3.98. The smallest absolute Gasteiger partial charge is 0.151 e. The van der Waals surface area contributed by atoms with Gasteiger partial charge in [0.1, 0.15) is 5.92 Å². The van der Waals surface area contributed by atoms with Crippen LogP contribution in [0.15, 0.2) is 24.3 Å². The van der Waals surface area contributed by atoms with Crippen molar-refractivity contribution in [2.45, 2.75) is 39.0 Å². The first kappa shape index (κ1) is 12.6. The van der Waals surface area contributed by atoms with Gasteiger partial charge in [-0.25, -0.2) is 0 Å². The minimum absolute atomic E-state index is 0.0131. The first-order chi connectivity index (χ1) is 9.11. The highest BCUT2D eigenvalue weighted by Gasteiger charge is 2.52. The highest BCUT2D eigenvalue weighted by molar-refractivity contribution is 6.16. The average molecular weight is 256 g/mol. The molecule has 1 aromatic carbocycles. The van der Waals surface area contributed by atoms with Crippen LogP contribution in [0.25, 0.3) is 0 Å². The molecule has 2 heteroatoms. The Bertz CT molecular complexity index is 532. The molecule has 100 valence electrons. The molecule has 4 unspecified atom stereocenters. The Labute approximate surface area is 114 Å². The van der Waals surface area contributed by atoms with E-state index < -0.39 is 5.92 Å². The predicted octanol–water partition coefficient (Wildman–Crippen LogP) is 3.28. The summed E-state index contributed by atoms with van der Waals surface area (Å²) in [6.45, 7) is 4.11. The molecule has 0 heterocycles. The lowest BCUT2D eigenvalue weighted by Gasteiger charge is -2.28. The molecule has 2 aliphatic rings. The van der Waals surface area contributed by atoms with Gasteiger partial charge < -0.3 is 0 Å². The molecule has 0 aromatic heterocycles. The summed E-state index contributed by atoms with van der Waals surface area (Å²) in [6.07, 6.45) is 3.07. The van der Waals surface area contributed by atoms with Crippen LogP contribution in [-0.2, 0) is 9.59 Å². The standard InChI is InChI=1S/C17H20O2/c1-10-6-3-4-8-12(10)15-16(18)13-9-5-7-11(2)14(13)17(15)19/h3-4,6,8,11,13-15H,5,7,9H2,1-2H3. The first-order valence-electron chi connectivity index (χ1n) is 7.24. The van der Waals surface area contributed by atoms with E-state index in [9.17, 15) is 9.59 Å². The molecule has 0 saturated heterocycles. The van der Waals surface area contributed by atoms with Crippen LogP contribution in [0, 0.1) is 24.7 Å². The first-order valence-corrected chi connectivity index (χ1v) is 7.24. The number of fused-ring (bicyclic) bond motifs is 1. The minimum Gasteiger partial charge on any atom is -0.298 e. The molecule has 2 nitrogen and oxygen atoms in total. The van der Waals surface area contributed by atoms with Crippen molar-refractivity contribution in [2.24, 2.45) is 17.8 Å². The zero-order valence-electron chi connectivity index (χ0n) is 11.6. The Morgan fingerprint density at radius 3 is 2.47 bits per heavy atom. The van der Waals surface area contributed by atoms with Crippen LogP contribution in [0.1, 0.15) is 43.2 Å². The Hall–Kier alpha value is -1.44. The van der Waals surface area contributed by atoms with Crippen LogP contribution >= 0.6 is 0 Å². The van der Waals surface area contributed by atoms with Crippen molar-refractivity contribution in [2.75, 3.05) is 0 Å². The molecule has 0 spiro atoms. The predicted molar refractivity (Wildman–Crippen MR) is 73.9 cm³/mol. The molecule has 4 atom stereocenters. The lowest BCUT2D eigenvalue weighted by atomic mass is 9.74. The Kier molecular flexibility index (Phi) is 3.04. The topological polar surface area (TPSA) is 34.1 Å². The number of carbonyl (C=O) groups excluding carboxylic acids is 2. The summed E-state index contributed by atoms with van der Waals surface area (Å²) in [5.74, 6) is 0.194. The number of benzene rings is 1. The van der Waals surface area contributed by atoms with Gasteiger partial charge in [-0.2, -0.15) is 0 Å². The summed E-state index contributed by atoms with van der Waals surface area (Å²) in [5, 5.41) is 0. The molecule has 0 bridgehead atoms. The Balaban J connectivity index is 2.02. The van der Waals surface area contributed by atoms with Gasteiger partial charge in [0.25, 0.3) is 0 Å². The van der Waals surface area contributed by atoms with Crippen molar-refractivity contribution in [3.8, 4) is 0 Å². The van der Waals surface area contributed by atoms with E-state index in [1.807, 2.05) is 31.2 Å². The molecule has 0 radical (unpaired) electrons. The van der Waals surface area contributed by atoms with Gasteiger partial charge in [-0.1, -0.05) is 37.6 Å². The maximum Gasteiger partial charge on any atom is 0.151 e. The minimum atomic E-state index is -0.489. The van der Waals surface area contributed by atoms with E-state index in [0.717, 1.165) is 30.4 Å². The summed E-state index contributed by atoms with van der Waals surface area (Å²) in [5.41, 5.74) is 1.99. The van der Waals surface area contributed by atoms with Crippen LogP contribution in [0.4, 0.5) is 0 Å². The second-order valence-electron chi connectivity index (χ2n) is 6.13. The lowest BCUT2D eigenvalue weighted by molar-refractivity contribution is -0.125. The quantitative estimate of drug-likeness (QED) is 0.723. The number of hydrogen-bond acceptors (Lipinski definition) is 2. The Morgan fingerprint density at radius 2 is 1.79 bits per heavy atom. The molecule has 19 heavy (non-hydrogen) atoms. The number of ketones is 2. The summed E-state index contributed by atoms with van der Waals surface area (Å²) >= 11 is 0. The van der Waals surface area contributed by atoms with Crippen molar-refractivity contribution in [1.82, 2.24) is 0 Å². The van der Waals surface area contributed by atoms with Crippen molar-refractivity contribution >= 4 is 11.6 Å². The molecule has 1 aromatic rings. The van der Waals surface area contributed by atoms with Crippen LogP contribution in [-0.4, -0.2) is 11.6 Å². The van der Waals surface area contributed by atoms with Gasteiger partial charge in [-0.15, -0.1) is 0 Å². The van der Waals surface area contributed by atoms with Crippen molar-refractivity contribution < 1.29 is 9.59 Å². The third-order valence-electron chi connectivity index (χ3n) is 4.98. The van der Waals surface area contributed by atoms with Crippen LogP contribution in [0.5, 0.6) is 0 Å². The zero-order valence-corrected chi connectivity index (χ0v) is 11.6. The van der Waals surface area contributed by atoms with Crippen LogP contribution in [0.2, 0.25) is 0 Å². The maximum atomic E-state index is 12.7. The van der Waals surface area contributed by atoms with E-state index in [4.69, 9.17) is 0 Å². The fourth-order valence-corrected chi connectivity index (χ4v) is 3.98. The van der Waals surface area contributed by atoms with E-state index in [1.165, 1.54) is 0 Å². The third kappa shape index (κ3) is 1.85. The van der Waals surface area contributed by atoms with Crippen molar-refractivity contribution in [3.05, 3.63) is 35.4 Å². The van der Waals surface area contributed by atoms with Crippen molar-refractivity contribution in [1.29, 1.82) is 0 Å². The summed E-state index contributed by atoms with van der Waals surface area (Å²) < 4.78 is 0. The number of rotatable bonds is 1. The number of hydrogen-bond donors (Lipinski definition) is 0. The van der Waals surface area contributed by atoms with E-state index >= 15 is 0 Å². The van der Waals surface area contributed by atoms with Gasteiger partial charge in [-0.05, 0) is 36.8 Å². The van der Waals surface area contributed by atoms with Crippen LogP contribution in [0.3, 0.4) is 0 Å². The monoisotopic (exact) mass is 256 g/mol. The summed E-state index contributed by atoms with van der Waals surface area (Å²) in [6, 6.07) is 7.81. The third-order valence-corrected chi connectivity index (χ3v) is 4.98. The molecule has 2 fully saturated rings. The maximum absolute atomic E-state index is 12.7. The van der Waals surface area contributed by atoms with E-state index in [2.05, 4.69) is 6.92 Å². The van der Waals surface area contributed by atoms with E-state index in [0.29, 0.717) is 5.92 Å². The zero-order chi connectivity index (χ0) is 13.6. The second-order valence-corrected chi connectivity index (χ2v) is 6.13. The van der Waals surface area contributed by atoms with Gasteiger partial charge in [0.15, 0.2) is 11.6 Å².